The SMILES string of the molecule is CC(C)(C)[Si](C)(C)Oc1cc(F)c(I)c(Cl)c1. The number of hydrogen-bond donors (Lipinski definition) is 0. The molecule has 1 nitrogen and oxygen atoms in total. The molecule has 96 valence electrons. The average Bonchev–Trinajstić information content (AvgIpc) is 2.11. The Morgan fingerprint density at radius 1 is 1.29 bits per heavy atom. The van der Waals surface area contributed by atoms with Gasteiger partial charge in [-0.25, -0.2) is 4.39 Å². The first-order valence-corrected chi connectivity index (χ1v) is 9.74. The smallest absolute Gasteiger partial charge is 0.250 e. The van der Waals surface area contributed by atoms with Crippen LogP contribution in [0.4, 0.5) is 4.39 Å². The molecule has 0 spiro atoms. The molecule has 0 amide bonds. The molecule has 0 fully saturated rings. The highest BCUT2D eigenvalue weighted by molar-refractivity contribution is 14.1. The van der Waals surface area contributed by atoms with Crippen molar-refractivity contribution in [2.75, 3.05) is 0 Å². The summed E-state index contributed by atoms with van der Waals surface area (Å²) in [6, 6.07) is 3.10. The maximum absolute atomic E-state index is 13.6. The van der Waals surface area contributed by atoms with E-state index in [1.165, 1.54) is 6.07 Å². The predicted molar refractivity (Wildman–Crippen MR) is 82.0 cm³/mol. The van der Waals surface area contributed by atoms with Gasteiger partial charge in [-0.15, -0.1) is 0 Å². The van der Waals surface area contributed by atoms with Crippen LogP contribution in [0.3, 0.4) is 0 Å². The van der Waals surface area contributed by atoms with E-state index in [1.54, 1.807) is 6.07 Å². The van der Waals surface area contributed by atoms with Crippen LogP contribution < -0.4 is 4.43 Å². The minimum Gasteiger partial charge on any atom is -0.543 e. The monoisotopic (exact) mass is 386 g/mol. The van der Waals surface area contributed by atoms with Gasteiger partial charge in [0.2, 0.25) is 8.32 Å². The first-order valence-electron chi connectivity index (χ1n) is 5.38. The molecule has 0 saturated heterocycles. The Kier molecular flexibility index (Phi) is 4.53. The maximum atomic E-state index is 13.6. The normalized spacial score (nSPS) is 12.7. The molecule has 17 heavy (non-hydrogen) atoms. The quantitative estimate of drug-likeness (QED) is 0.372. The van der Waals surface area contributed by atoms with Crippen molar-refractivity contribution < 1.29 is 8.82 Å². The molecule has 5 heteroatoms. The van der Waals surface area contributed by atoms with E-state index in [0.29, 0.717) is 14.3 Å². The Bertz CT molecular complexity index is 406. The van der Waals surface area contributed by atoms with Crippen molar-refractivity contribution in [2.45, 2.75) is 38.9 Å². The van der Waals surface area contributed by atoms with Crippen molar-refractivity contribution in [3.63, 3.8) is 0 Å². The summed E-state index contributed by atoms with van der Waals surface area (Å²) >= 11 is 7.84. The van der Waals surface area contributed by atoms with Crippen molar-refractivity contribution in [1.82, 2.24) is 0 Å². The third kappa shape index (κ3) is 3.58. The molecule has 0 aliphatic carbocycles. The van der Waals surface area contributed by atoms with E-state index in [4.69, 9.17) is 16.0 Å². The van der Waals surface area contributed by atoms with Gasteiger partial charge >= 0.3 is 0 Å². The second kappa shape index (κ2) is 5.05. The lowest BCUT2D eigenvalue weighted by molar-refractivity contribution is 0.486. The van der Waals surface area contributed by atoms with Gasteiger partial charge in [0.25, 0.3) is 0 Å². The fourth-order valence-corrected chi connectivity index (χ4v) is 2.56. The number of benzene rings is 1. The van der Waals surface area contributed by atoms with Crippen molar-refractivity contribution >= 4 is 42.5 Å². The molecule has 0 N–H and O–H groups in total. The predicted octanol–water partition coefficient (Wildman–Crippen LogP) is 5.47. The molecule has 0 radical (unpaired) electrons. The minimum atomic E-state index is -1.94. The van der Waals surface area contributed by atoms with Crippen LogP contribution in [0.2, 0.25) is 23.2 Å². The first kappa shape index (κ1) is 15.2. The lowest BCUT2D eigenvalue weighted by Crippen LogP contribution is -2.43. The molecule has 0 unspecified atom stereocenters. The van der Waals surface area contributed by atoms with E-state index in [0.717, 1.165) is 0 Å². The summed E-state index contributed by atoms with van der Waals surface area (Å²) in [4.78, 5) is 0. The summed E-state index contributed by atoms with van der Waals surface area (Å²) in [6.45, 7) is 10.7. The van der Waals surface area contributed by atoms with Gasteiger partial charge in [0.15, 0.2) is 0 Å². The van der Waals surface area contributed by atoms with E-state index in [-0.39, 0.29) is 10.9 Å². The fourth-order valence-electron chi connectivity index (χ4n) is 1.04. The van der Waals surface area contributed by atoms with Gasteiger partial charge in [0.05, 0.1) is 8.59 Å². The van der Waals surface area contributed by atoms with Crippen LogP contribution in [0.5, 0.6) is 5.75 Å². The summed E-state index contributed by atoms with van der Waals surface area (Å²) in [5, 5.41) is 0.484. The Labute approximate surface area is 122 Å². The molecule has 1 aromatic rings. The van der Waals surface area contributed by atoms with Crippen LogP contribution in [0.15, 0.2) is 12.1 Å². The highest BCUT2D eigenvalue weighted by atomic mass is 127. The summed E-state index contributed by atoms with van der Waals surface area (Å²) in [5.74, 6) is 0.200. The van der Waals surface area contributed by atoms with Crippen LogP contribution >= 0.6 is 34.2 Å². The molecule has 0 bridgehead atoms. The third-order valence-corrected chi connectivity index (χ3v) is 9.21. The third-order valence-electron chi connectivity index (χ3n) is 3.14. The van der Waals surface area contributed by atoms with Crippen molar-refractivity contribution in [1.29, 1.82) is 0 Å². The standard InChI is InChI=1S/C12H17ClFIOSi/c1-12(2,3)17(4,5)16-8-6-9(13)11(15)10(14)7-8/h6-7H,1-5H3. The molecular weight excluding hydrogens is 370 g/mol. The topological polar surface area (TPSA) is 9.23 Å². The van der Waals surface area contributed by atoms with Gasteiger partial charge in [0, 0.05) is 6.07 Å². The lowest BCUT2D eigenvalue weighted by Gasteiger charge is -2.36. The van der Waals surface area contributed by atoms with Crippen LogP contribution in [-0.4, -0.2) is 8.32 Å². The van der Waals surface area contributed by atoms with Crippen LogP contribution in [-0.2, 0) is 0 Å². The second-order valence-electron chi connectivity index (χ2n) is 5.56. The highest BCUT2D eigenvalue weighted by Crippen LogP contribution is 2.38. The van der Waals surface area contributed by atoms with E-state index in [9.17, 15) is 4.39 Å². The van der Waals surface area contributed by atoms with E-state index < -0.39 is 8.32 Å². The fraction of sp³-hybridized carbons (Fsp3) is 0.500. The first-order chi connectivity index (χ1) is 7.54. The second-order valence-corrected chi connectivity index (χ2v) is 11.8. The molecule has 0 heterocycles. The zero-order valence-electron chi connectivity index (χ0n) is 10.7. The van der Waals surface area contributed by atoms with Gasteiger partial charge in [-0.2, -0.15) is 0 Å². The molecule has 1 rings (SSSR count). The zero-order chi connectivity index (χ0) is 13.4. The van der Waals surface area contributed by atoms with Crippen molar-refractivity contribution in [2.24, 2.45) is 0 Å². The van der Waals surface area contributed by atoms with Gasteiger partial charge in [-0.05, 0) is 46.8 Å². The number of halogens is 3. The van der Waals surface area contributed by atoms with Crippen molar-refractivity contribution in [3.05, 3.63) is 26.5 Å². The van der Waals surface area contributed by atoms with E-state index in [2.05, 4.69) is 33.9 Å². The Morgan fingerprint density at radius 2 is 1.82 bits per heavy atom. The van der Waals surface area contributed by atoms with Crippen molar-refractivity contribution in [3.8, 4) is 5.75 Å². The molecule has 0 atom stereocenters. The van der Waals surface area contributed by atoms with Crippen LogP contribution in [0.25, 0.3) is 0 Å². The Hall–Kier alpha value is 0.187. The van der Waals surface area contributed by atoms with E-state index >= 15 is 0 Å². The van der Waals surface area contributed by atoms with Gasteiger partial charge in [-0.3, -0.25) is 0 Å². The summed E-state index contributed by atoms with van der Waals surface area (Å²) in [7, 11) is -1.94. The zero-order valence-corrected chi connectivity index (χ0v) is 14.6. The number of rotatable bonds is 2. The highest BCUT2D eigenvalue weighted by Gasteiger charge is 2.39. The molecule has 0 saturated carbocycles. The summed E-state index contributed by atoms with van der Waals surface area (Å²) < 4.78 is 20.0. The van der Waals surface area contributed by atoms with Crippen LogP contribution in [0.1, 0.15) is 20.8 Å². The van der Waals surface area contributed by atoms with Gasteiger partial charge in [0.1, 0.15) is 11.6 Å². The van der Waals surface area contributed by atoms with Gasteiger partial charge < -0.3 is 4.43 Å². The summed E-state index contributed by atoms with van der Waals surface area (Å²) in [6.07, 6.45) is 0. The van der Waals surface area contributed by atoms with Gasteiger partial charge in [-0.1, -0.05) is 32.4 Å². The Morgan fingerprint density at radius 3 is 2.24 bits per heavy atom. The molecule has 0 aliphatic rings. The lowest BCUT2D eigenvalue weighted by atomic mass is 10.2. The molecular formula is C12H17ClFIOSi. The molecule has 0 aromatic heterocycles. The average molecular weight is 387 g/mol. The Balaban J connectivity index is 3.05. The molecule has 1 aromatic carbocycles. The maximum Gasteiger partial charge on any atom is 0.250 e. The summed E-state index contributed by atoms with van der Waals surface area (Å²) in [5.41, 5.74) is 0. The minimum absolute atomic E-state index is 0.0823. The number of hydrogen-bond acceptors (Lipinski definition) is 1. The van der Waals surface area contributed by atoms with E-state index in [1.807, 2.05) is 22.6 Å². The largest absolute Gasteiger partial charge is 0.543 e. The molecule has 0 aliphatic heterocycles. The van der Waals surface area contributed by atoms with Crippen LogP contribution in [0, 0.1) is 9.39 Å².